The summed E-state index contributed by atoms with van der Waals surface area (Å²) in [7, 11) is 1.32. The minimum Gasteiger partial charge on any atom is -0.437 e. The average Bonchev–Trinajstić information content (AvgIpc) is 2.31. The van der Waals surface area contributed by atoms with Gasteiger partial charge < -0.3 is 9.47 Å². The third-order valence-electron chi connectivity index (χ3n) is 3.71. The number of hydrogen-bond donors (Lipinski definition) is 0. The zero-order valence-corrected chi connectivity index (χ0v) is 11.0. The van der Waals surface area contributed by atoms with Gasteiger partial charge in [0.2, 0.25) is 0 Å². The Morgan fingerprint density at radius 1 is 1.71 bits per heavy atom. The summed E-state index contributed by atoms with van der Waals surface area (Å²) in [4.78, 5) is 11.1. The Morgan fingerprint density at radius 2 is 2.41 bits per heavy atom. The zero-order chi connectivity index (χ0) is 12.9. The molecule has 96 valence electrons. The largest absolute Gasteiger partial charge is 0.513 e. The van der Waals surface area contributed by atoms with Crippen molar-refractivity contribution in [3.05, 3.63) is 24.5 Å². The van der Waals surface area contributed by atoms with E-state index < -0.39 is 6.16 Å². The van der Waals surface area contributed by atoms with Crippen molar-refractivity contribution in [2.24, 2.45) is 11.3 Å². The number of ether oxygens (including phenoxy) is 2. The van der Waals surface area contributed by atoms with Crippen molar-refractivity contribution in [1.29, 1.82) is 0 Å². The fourth-order valence-electron chi connectivity index (χ4n) is 2.23. The van der Waals surface area contributed by atoms with Crippen molar-refractivity contribution in [3.63, 3.8) is 0 Å². The molecule has 3 heteroatoms. The zero-order valence-electron chi connectivity index (χ0n) is 11.0. The molecule has 1 rings (SSSR count). The van der Waals surface area contributed by atoms with Gasteiger partial charge in [0, 0.05) is 6.42 Å². The van der Waals surface area contributed by atoms with Crippen LogP contribution in [0.2, 0.25) is 0 Å². The van der Waals surface area contributed by atoms with Crippen LogP contribution in [0.15, 0.2) is 24.5 Å². The maximum absolute atomic E-state index is 11.1. The van der Waals surface area contributed by atoms with E-state index in [-0.39, 0.29) is 5.41 Å². The highest BCUT2D eigenvalue weighted by Gasteiger charge is 2.33. The van der Waals surface area contributed by atoms with Crippen molar-refractivity contribution in [2.75, 3.05) is 7.11 Å². The molecular formula is C14H22O3. The van der Waals surface area contributed by atoms with Gasteiger partial charge in [0.15, 0.2) is 0 Å². The van der Waals surface area contributed by atoms with Crippen molar-refractivity contribution >= 4 is 6.16 Å². The second kappa shape index (κ2) is 5.89. The third kappa shape index (κ3) is 3.62. The molecule has 0 aromatic rings. The second-order valence-corrected chi connectivity index (χ2v) is 4.94. The highest BCUT2D eigenvalue weighted by Crippen LogP contribution is 2.42. The van der Waals surface area contributed by atoms with E-state index in [0.29, 0.717) is 5.92 Å². The predicted molar refractivity (Wildman–Crippen MR) is 67.5 cm³/mol. The van der Waals surface area contributed by atoms with Crippen LogP contribution in [0.3, 0.4) is 0 Å². The van der Waals surface area contributed by atoms with Gasteiger partial charge in [-0.15, -0.1) is 6.58 Å². The molecule has 1 aliphatic rings. The SMILES string of the molecule is C=CCC[C@]1(C)C=C(OC(=O)OC)CC[C@H]1C. The van der Waals surface area contributed by atoms with E-state index in [9.17, 15) is 4.79 Å². The molecule has 0 saturated carbocycles. The van der Waals surface area contributed by atoms with E-state index in [4.69, 9.17) is 4.74 Å². The molecule has 1 aliphatic carbocycles. The van der Waals surface area contributed by atoms with E-state index in [2.05, 4.69) is 31.2 Å². The van der Waals surface area contributed by atoms with Crippen LogP contribution < -0.4 is 0 Å². The molecule has 0 amide bonds. The van der Waals surface area contributed by atoms with Crippen LogP contribution in [-0.4, -0.2) is 13.3 Å². The monoisotopic (exact) mass is 238 g/mol. The summed E-state index contributed by atoms with van der Waals surface area (Å²) in [6.07, 6.45) is 7.24. The molecule has 0 aromatic heterocycles. The lowest BCUT2D eigenvalue weighted by molar-refractivity contribution is 0.0862. The number of carbonyl (C=O) groups is 1. The van der Waals surface area contributed by atoms with Crippen LogP contribution in [-0.2, 0) is 9.47 Å². The highest BCUT2D eigenvalue weighted by molar-refractivity contribution is 5.61. The first kappa shape index (κ1) is 13.8. The molecule has 17 heavy (non-hydrogen) atoms. The molecule has 0 spiro atoms. The summed E-state index contributed by atoms with van der Waals surface area (Å²) in [5.41, 5.74) is 0.0792. The number of hydrogen-bond acceptors (Lipinski definition) is 3. The number of carbonyl (C=O) groups excluding carboxylic acids is 1. The van der Waals surface area contributed by atoms with E-state index in [1.807, 2.05) is 6.08 Å². The van der Waals surface area contributed by atoms with E-state index in [1.165, 1.54) is 7.11 Å². The Labute approximate surface area is 103 Å². The highest BCUT2D eigenvalue weighted by atomic mass is 16.7. The normalized spacial score (nSPS) is 28.2. The van der Waals surface area contributed by atoms with Gasteiger partial charge in [0.25, 0.3) is 0 Å². The minimum absolute atomic E-state index is 0.0792. The van der Waals surface area contributed by atoms with Crippen LogP contribution in [0.4, 0.5) is 4.79 Å². The van der Waals surface area contributed by atoms with Gasteiger partial charge in [-0.2, -0.15) is 0 Å². The number of rotatable bonds is 4. The van der Waals surface area contributed by atoms with E-state index >= 15 is 0 Å². The van der Waals surface area contributed by atoms with Crippen molar-refractivity contribution in [2.45, 2.75) is 39.5 Å². The van der Waals surface area contributed by atoms with Gasteiger partial charge in [0.1, 0.15) is 5.76 Å². The smallest absolute Gasteiger partial charge is 0.437 e. The number of methoxy groups -OCH3 is 1. The topological polar surface area (TPSA) is 35.5 Å². The standard InChI is InChI=1S/C14H22O3/c1-5-6-9-14(3)10-12(8-7-11(14)2)17-13(15)16-4/h5,10-11H,1,6-9H2,2-4H3/t11-,14-/m1/s1. The molecule has 0 N–H and O–H groups in total. The first-order valence-corrected chi connectivity index (χ1v) is 6.10. The summed E-state index contributed by atoms with van der Waals surface area (Å²) in [5, 5.41) is 0. The molecule has 0 aliphatic heterocycles. The second-order valence-electron chi connectivity index (χ2n) is 4.94. The molecule has 0 radical (unpaired) electrons. The molecular weight excluding hydrogens is 216 g/mol. The summed E-state index contributed by atoms with van der Waals surface area (Å²) in [6, 6.07) is 0. The lowest BCUT2D eigenvalue weighted by Gasteiger charge is -2.37. The lowest BCUT2D eigenvalue weighted by Crippen LogP contribution is -2.28. The molecule has 0 heterocycles. The molecule has 0 unspecified atom stereocenters. The molecule has 0 bridgehead atoms. The van der Waals surface area contributed by atoms with Crippen LogP contribution in [0.5, 0.6) is 0 Å². The van der Waals surface area contributed by atoms with Gasteiger partial charge in [-0.1, -0.05) is 19.9 Å². The van der Waals surface area contributed by atoms with Crippen LogP contribution >= 0.6 is 0 Å². The van der Waals surface area contributed by atoms with E-state index in [0.717, 1.165) is 31.4 Å². The quantitative estimate of drug-likeness (QED) is 0.547. The first-order valence-electron chi connectivity index (χ1n) is 6.10. The molecule has 0 aromatic carbocycles. The van der Waals surface area contributed by atoms with E-state index in [1.54, 1.807) is 0 Å². The molecule has 3 nitrogen and oxygen atoms in total. The van der Waals surface area contributed by atoms with Crippen molar-refractivity contribution in [3.8, 4) is 0 Å². The Kier molecular flexibility index (Phi) is 4.79. The molecule has 2 atom stereocenters. The predicted octanol–water partition coefficient (Wildman–Crippen LogP) is 4.06. The van der Waals surface area contributed by atoms with Crippen molar-refractivity contribution in [1.82, 2.24) is 0 Å². The van der Waals surface area contributed by atoms with Gasteiger partial charge in [0.05, 0.1) is 7.11 Å². The third-order valence-corrected chi connectivity index (χ3v) is 3.71. The van der Waals surface area contributed by atoms with Gasteiger partial charge in [-0.3, -0.25) is 0 Å². The maximum atomic E-state index is 11.1. The average molecular weight is 238 g/mol. The van der Waals surface area contributed by atoms with Gasteiger partial charge >= 0.3 is 6.16 Å². The minimum atomic E-state index is -0.628. The first-order chi connectivity index (χ1) is 8.01. The summed E-state index contributed by atoms with van der Waals surface area (Å²) in [5.74, 6) is 1.33. The Hall–Kier alpha value is -1.25. The summed E-state index contributed by atoms with van der Waals surface area (Å²) >= 11 is 0. The maximum Gasteiger partial charge on any atom is 0.513 e. The Bertz CT molecular complexity index is 319. The van der Waals surface area contributed by atoms with Gasteiger partial charge in [-0.05, 0) is 36.7 Å². The Morgan fingerprint density at radius 3 is 3.00 bits per heavy atom. The summed E-state index contributed by atoms with van der Waals surface area (Å²) < 4.78 is 9.65. The number of allylic oxidation sites excluding steroid dienone is 3. The van der Waals surface area contributed by atoms with Crippen LogP contribution in [0, 0.1) is 11.3 Å². The fourth-order valence-corrected chi connectivity index (χ4v) is 2.23. The lowest BCUT2D eigenvalue weighted by atomic mass is 9.69. The van der Waals surface area contributed by atoms with Crippen LogP contribution in [0.1, 0.15) is 39.5 Å². The van der Waals surface area contributed by atoms with Crippen LogP contribution in [0.25, 0.3) is 0 Å². The summed E-state index contributed by atoms with van der Waals surface area (Å²) in [6.45, 7) is 8.21. The molecule has 0 saturated heterocycles. The Balaban J connectivity index is 2.76. The van der Waals surface area contributed by atoms with Crippen molar-refractivity contribution < 1.29 is 14.3 Å². The fraction of sp³-hybridized carbons (Fsp3) is 0.643. The molecule has 0 fully saturated rings. The van der Waals surface area contributed by atoms with Gasteiger partial charge in [-0.25, -0.2) is 4.79 Å².